The highest BCUT2D eigenvalue weighted by atomic mass is 16.5. The van der Waals surface area contributed by atoms with Crippen molar-refractivity contribution in [1.29, 1.82) is 0 Å². The van der Waals surface area contributed by atoms with E-state index in [0.29, 0.717) is 18.6 Å². The molecule has 120 valence electrons. The number of rotatable bonds is 5. The van der Waals surface area contributed by atoms with Crippen molar-refractivity contribution in [2.75, 3.05) is 19.7 Å². The number of carbonyl (C=O) groups is 1. The standard InChI is InChI=1S/C17H25N3O2/c21-17(20-15-4-1-2-5-15)14-8-13(9-19-10-14)12-22-16-6-3-7-18-11-16/h3,6-7,11,13-15,19H,1-2,4-5,8-10,12H2,(H,20,21)/t13-,14+/m0/s1. The number of amides is 1. The summed E-state index contributed by atoms with van der Waals surface area (Å²) in [6.45, 7) is 2.32. The van der Waals surface area contributed by atoms with Gasteiger partial charge in [0.1, 0.15) is 5.75 Å². The Bertz CT molecular complexity index is 474. The Hall–Kier alpha value is -1.62. The summed E-state index contributed by atoms with van der Waals surface area (Å²) in [5, 5.41) is 6.58. The molecule has 1 aromatic heterocycles. The van der Waals surface area contributed by atoms with E-state index in [4.69, 9.17) is 4.74 Å². The first kappa shape index (κ1) is 15.3. The van der Waals surface area contributed by atoms with Crippen LogP contribution in [0.15, 0.2) is 24.5 Å². The SMILES string of the molecule is O=C(NC1CCCC1)[C@H]1CNC[C@@H](COc2cccnc2)C1. The Morgan fingerprint density at radius 2 is 2.23 bits per heavy atom. The van der Waals surface area contributed by atoms with Crippen molar-refractivity contribution in [3.05, 3.63) is 24.5 Å². The monoisotopic (exact) mass is 303 g/mol. The van der Waals surface area contributed by atoms with Crippen molar-refractivity contribution in [3.8, 4) is 5.75 Å². The molecule has 1 aromatic rings. The van der Waals surface area contributed by atoms with Gasteiger partial charge in [0.05, 0.1) is 18.7 Å². The molecule has 5 heteroatoms. The molecule has 1 amide bonds. The molecule has 1 aliphatic carbocycles. The molecule has 0 unspecified atom stereocenters. The van der Waals surface area contributed by atoms with Crippen LogP contribution in [0.1, 0.15) is 32.1 Å². The van der Waals surface area contributed by atoms with Crippen LogP contribution < -0.4 is 15.4 Å². The molecular formula is C17H25N3O2. The van der Waals surface area contributed by atoms with E-state index in [1.807, 2.05) is 12.1 Å². The summed E-state index contributed by atoms with van der Waals surface area (Å²) < 4.78 is 5.77. The van der Waals surface area contributed by atoms with E-state index in [1.54, 1.807) is 12.4 Å². The first-order valence-corrected chi connectivity index (χ1v) is 8.35. The Kier molecular flexibility index (Phi) is 5.27. The molecule has 2 aliphatic rings. The highest BCUT2D eigenvalue weighted by molar-refractivity contribution is 5.79. The summed E-state index contributed by atoms with van der Waals surface area (Å²) >= 11 is 0. The quantitative estimate of drug-likeness (QED) is 0.870. The molecule has 0 radical (unpaired) electrons. The average molecular weight is 303 g/mol. The van der Waals surface area contributed by atoms with Gasteiger partial charge in [0.2, 0.25) is 5.91 Å². The molecular weight excluding hydrogens is 278 g/mol. The predicted octanol–water partition coefficient (Wildman–Crippen LogP) is 1.74. The minimum absolute atomic E-state index is 0.0665. The minimum atomic E-state index is 0.0665. The van der Waals surface area contributed by atoms with Crippen molar-refractivity contribution in [2.45, 2.75) is 38.1 Å². The van der Waals surface area contributed by atoms with Gasteiger partial charge in [0, 0.05) is 31.2 Å². The van der Waals surface area contributed by atoms with Crippen LogP contribution in [0.5, 0.6) is 5.75 Å². The zero-order chi connectivity index (χ0) is 15.2. The normalized spacial score (nSPS) is 25.8. The van der Waals surface area contributed by atoms with Crippen LogP contribution in [0.25, 0.3) is 0 Å². The minimum Gasteiger partial charge on any atom is -0.492 e. The number of nitrogens with zero attached hydrogens (tertiary/aromatic N) is 1. The molecule has 2 heterocycles. The molecule has 1 aliphatic heterocycles. The van der Waals surface area contributed by atoms with Crippen LogP contribution in [-0.4, -0.2) is 36.6 Å². The van der Waals surface area contributed by atoms with Crippen molar-refractivity contribution in [3.63, 3.8) is 0 Å². The lowest BCUT2D eigenvalue weighted by Gasteiger charge is -2.30. The highest BCUT2D eigenvalue weighted by Gasteiger charge is 2.29. The highest BCUT2D eigenvalue weighted by Crippen LogP contribution is 2.21. The van der Waals surface area contributed by atoms with Gasteiger partial charge in [-0.3, -0.25) is 9.78 Å². The lowest BCUT2D eigenvalue weighted by molar-refractivity contribution is -0.126. The zero-order valence-electron chi connectivity index (χ0n) is 13.0. The first-order valence-electron chi connectivity index (χ1n) is 8.35. The maximum absolute atomic E-state index is 12.4. The molecule has 1 saturated heterocycles. The van der Waals surface area contributed by atoms with Crippen LogP contribution >= 0.6 is 0 Å². The second-order valence-electron chi connectivity index (χ2n) is 6.45. The smallest absolute Gasteiger partial charge is 0.224 e. The van der Waals surface area contributed by atoms with Crippen LogP contribution in [0.2, 0.25) is 0 Å². The molecule has 1 saturated carbocycles. The topological polar surface area (TPSA) is 63.2 Å². The molecule has 22 heavy (non-hydrogen) atoms. The number of ether oxygens (including phenoxy) is 1. The van der Waals surface area contributed by atoms with Gasteiger partial charge in [0.15, 0.2) is 0 Å². The summed E-state index contributed by atoms with van der Waals surface area (Å²) in [7, 11) is 0. The second-order valence-corrected chi connectivity index (χ2v) is 6.45. The third kappa shape index (κ3) is 4.19. The number of hydrogen-bond acceptors (Lipinski definition) is 4. The molecule has 0 spiro atoms. The van der Waals surface area contributed by atoms with Gasteiger partial charge in [0.25, 0.3) is 0 Å². The van der Waals surface area contributed by atoms with Gasteiger partial charge in [-0.25, -0.2) is 0 Å². The second kappa shape index (κ2) is 7.58. The Morgan fingerprint density at radius 1 is 1.36 bits per heavy atom. The maximum Gasteiger partial charge on any atom is 0.224 e. The Labute approximate surface area is 131 Å². The lowest BCUT2D eigenvalue weighted by atomic mass is 9.90. The molecule has 2 atom stereocenters. The Balaban J connectivity index is 1.45. The van der Waals surface area contributed by atoms with Crippen LogP contribution in [0, 0.1) is 11.8 Å². The molecule has 2 fully saturated rings. The van der Waals surface area contributed by atoms with Gasteiger partial charge < -0.3 is 15.4 Å². The summed E-state index contributed by atoms with van der Waals surface area (Å²) in [5.74, 6) is 1.44. The number of nitrogens with one attached hydrogen (secondary N) is 2. The number of hydrogen-bond donors (Lipinski definition) is 2. The van der Waals surface area contributed by atoms with Gasteiger partial charge in [-0.2, -0.15) is 0 Å². The van der Waals surface area contributed by atoms with E-state index in [0.717, 1.165) is 38.1 Å². The van der Waals surface area contributed by atoms with Crippen molar-refractivity contribution in [1.82, 2.24) is 15.6 Å². The van der Waals surface area contributed by atoms with Crippen LogP contribution in [0.3, 0.4) is 0 Å². The number of piperidine rings is 1. The zero-order valence-corrected chi connectivity index (χ0v) is 13.0. The molecule has 0 aromatic carbocycles. The molecule has 2 N–H and O–H groups in total. The summed E-state index contributed by atoms with van der Waals surface area (Å²) in [4.78, 5) is 16.4. The molecule has 5 nitrogen and oxygen atoms in total. The predicted molar refractivity (Wildman–Crippen MR) is 84.6 cm³/mol. The van der Waals surface area contributed by atoms with Gasteiger partial charge in [-0.15, -0.1) is 0 Å². The fourth-order valence-electron chi connectivity index (χ4n) is 3.39. The average Bonchev–Trinajstić information content (AvgIpc) is 3.07. The Morgan fingerprint density at radius 3 is 3.00 bits per heavy atom. The number of carbonyl (C=O) groups excluding carboxylic acids is 1. The largest absolute Gasteiger partial charge is 0.492 e. The van der Waals surface area contributed by atoms with Crippen LogP contribution in [0.4, 0.5) is 0 Å². The number of aromatic nitrogens is 1. The van der Waals surface area contributed by atoms with E-state index in [9.17, 15) is 4.79 Å². The van der Waals surface area contributed by atoms with Gasteiger partial charge in [-0.1, -0.05) is 12.8 Å². The number of pyridine rings is 1. The molecule has 0 bridgehead atoms. The van der Waals surface area contributed by atoms with Crippen molar-refractivity contribution in [2.24, 2.45) is 11.8 Å². The summed E-state index contributed by atoms with van der Waals surface area (Å²) in [6.07, 6.45) is 9.12. The summed E-state index contributed by atoms with van der Waals surface area (Å²) in [6, 6.07) is 4.18. The van der Waals surface area contributed by atoms with E-state index in [-0.39, 0.29) is 11.8 Å². The maximum atomic E-state index is 12.4. The van der Waals surface area contributed by atoms with E-state index < -0.39 is 0 Å². The van der Waals surface area contributed by atoms with E-state index >= 15 is 0 Å². The fraction of sp³-hybridized carbons (Fsp3) is 0.647. The van der Waals surface area contributed by atoms with Crippen molar-refractivity contribution >= 4 is 5.91 Å². The fourth-order valence-corrected chi connectivity index (χ4v) is 3.39. The van der Waals surface area contributed by atoms with Gasteiger partial charge >= 0.3 is 0 Å². The van der Waals surface area contributed by atoms with E-state index in [1.165, 1.54) is 12.8 Å². The van der Waals surface area contributed by atoms with Crippen LogP contribution in [-0.2, 0) is 4.79 Å². The lowest BCUT2D eigenvalue weighted by Crippen LogP contribution is -2.47. The molecule has 3 rings (SSSR count). The summed E-state index contributed by atoms with van der Waals surface area (Å²) in [5.41, 5.74) is 0. The van der Waals surface area contributed by atoms with Crippen molar-refractivity contribution < 1.29 is 9.53 Å². The third-order valence-electron chi connectivity index (χ3n) is 4.63. The first-order chi connectivity index (χ1) is 10.8. The van der Waals surface area contributed by atoms with Gasteiger partial charge in [-0.05, 0) is 31.4 Å². The third-order valence-corrected chi connectivity index (χ3v) is 4.63. The van der Waals surface area contributed by atoms with E-state index in [2.05, 4.69) is 15.6 Å².